The summed E-state index contributed by atoms with van der Waals surface area (Å²) in [5, 5.41) is -0.0778. The van der Waals surface area contributed by atoms with Crippen LogP contribution in [-0.4, -0.2) is 3.79 Å². The van der Waals surface area contributed by atoms with Crippen LogP contribution in [0.3, 0.4) is 0 Å². The van der Waals surface area contributed by atoms with Gasteiger partial charge in [-0.2, -0.15) is 0 Å². The summed E-state index contributed by atoms with van der Waals surface area (Å²) >= 11 is 37.8. The Kier molecular flexibility index (Phi) is 6.09. The smallest absolute Gasteiger partial charge is 0.0844 e. The Morgan fingerprint density at radius 1 is 0.917 bits per heavy atom. The zero-order chi connectivity index (χ0) is 9.94. The van der Waals surface area contributed by atoms with Gasteiger partial charge in [0.05, 0.1) is 10.1 Å². The minimum absolute atomic E-state index is 0.00894. The first-order valence-electron chi connectivity index (χ1n) is 2.40. The Labute approximate surface area is 105 Å². The van der Waals surface area contributed by atoms with E-state index in [0.29, 0.717) is 0 Å². The van der Waals surface area contributed by atoms with E-state index in [2.05, 4.69) is 0 Å². The minimum atomic E-state index is -1.72. The van der Waals surface area contributed by atoms with Gasteiger partial charge in [-0.1, -0.05) is 81.2 Å². The van der Waals surface area contributed by atoms with Gasteiger partial charge in [0.25, 0.3) is 0 Å². The summed E-state index contributed by atoms with van der Waals surface area (Å²) in [7, 11) is 0. The van der Waals surface area contributed by atoms with Crippen molar-refractivity contribution < 1.29 is 0 Å². The van der Waals surface area contributed by atoms with E-state index in [-0.39, 0.29) is 14.6 Å². The van der Waals surface area contributed by atoms with E-state index in [1.807, 2.05) is 0 Å². The summed E-state index contributed by atoms with van der Waals surface area (Å²) in [6, 6.07) is 0. The molecule has 0 bridgehead atoms. The molecule has 0 aliphatic carbocycles. The van der Waals surface area contributed by atoms with E-state index in [1.165, 1.54) is 0 Å². The SMILES string of the molecule is ClC(Cl)=C(Cl)/C=C(\Cl)C(Cl)(Cl)Cl. The molecule has 0 fully saturated rings. The lowest BCUT2D eigenvalue weighted by Crippen LogP contribution is -2.01. The number of halogens is 7. The molecule has 0 radical (unpaired) electrons. The molecular formula is C5HCl7. The summed E-state index contributed by atoms with van der Waals surface area (Å²) < 4.78 is -1.87. The van der Waals surface area contributed by atoms with Gasteiger partial charge in [-0.05, 0) is 6.08 Å². The Balaban J connectivity index is 4.71. The predicted octanol–water partition coefficient (Wildman–Crippen LogP) is 5.36. The maximum Gasteiger partial charge on any atom is 0.226 e. The standard InChI is InChI=1S/C5HCl7/c6-2(4(8)9)1-3(7)5(10,11)12/h1H/b3-1-. The van der Waals surface area contributed by atoms with Gasteiger partial charge in [-0.15, -0.1) is 0 Å². The first-order chi connectivity index (χ1) is 5.25. The molecular weight excluding hydrogens is 308 g/mol. The molecule has 0 aromatic rings. The molecule has 0 aliphatic heterocycles. The predicted molar refractivity (Wildman–Crippen MR) is 58.8 cm³/mol. The van der Waals surface area contributed by atoms with Gasteiger partial charge in [0.15, 0.2) is 0 Å². The monoisotopic (exact) mass is 306 g/mol. The van der Waals surface area contributed by atoms with Crippen LogP contribution in [0.1, 0.15) is 0 Å². The van der Waals surface area contributed by atoms with E-state index in [0.717, 1.165) is 6.08 Å². The van der Waals surface area contributed by atoms with Crippen LogP contribution in [0.5, 0.6) is 0 Å². The first-order valence-corrected chi connectivity index (χ1v) is 5.05. The zero-order valence-corrected chi connectivity index (χ0v) is 10.5. The molecule has 0 saturated carbocycles. The molecule has 0 aromatic carbocycles. The van der Waals surface area contributed by atoms with Crippen molar-refractivity contribution in [1.82, 2.24) is 0 Å². The molecule has 0 amide bonds. The third kappa shape index (κ3) is 5.29. The molecule has 12 heavy (non-hydrogen) atoms. The third-order valence-electron chi connectivity index (χ3n) is 0.705. The second-order valence-corrected chi connectivity index (χ2v) is 5.64. The first kappa shape index (κ1) is 13.5. The van der Waals surface area contributed by atoms with Crippen LogP contribution in [0.2, 0.25) is 0 Å². The van der Waals surface area contributed by atoms with E-state index >= 15 is 0 Å². The van der Waals surface area contributed by atoms with Crippen molar-refractivity contribution in [2.75, 3.05) is 0 Å². The summed E-state index contributed by atoms with van der Waals surface area (Å²) in [4.78, 5) is 0. The molecule has 7 heteroatoms. The highest BCUT2D eigenvalue weighted by atomic mass is 35.6. The van der Waals surface area contributed by atoms with Crippen molar-refractivity contribution in [3.8, 4) is 0 Å². The van der Waals surface area contributed by atoms with Crippen molar-refractivity contribution in [2.45, 2.75) is 3.79 Å². The van der Waals surface area contributed by atoms with Crippen LogP contribution in [0.4, 0.5) is 0 Å². The lowest BCUT2D eigenvalue weighted by molar-refractivity contribution is 1.41. The maximum atomic E-state index is 5.53. The number of alkyl halides is 3. The fraction of sp³-hybridized carbons (Fsp3) is 0.200. The van der Waals surface area contributed by atoms with E-state index < -0.39 is 3.79 Å². The Hall–Kier alpha value is 1.51. The molecule has 0 nitrogen and oxygen atoms in total. The lowest BCUT2D eigenvalue weighted by Gasteiger charge is -2.08. The third-order valence-corrected chi connectivity index (χ3v) is 2.90. The number of rotatable bonds is 1. The van der Waals surface area contributed by atoms with Crippen LogP contribution in [-0.2, 0) is 0 Å². The van der Waals surface area contributed by atoms with Crippen LogP contribution >= 0.6 is 81.2 Å². The molecule has 0 N–H and O–H groups in total. The topological polar surface area (TPSA) is 0 Å². The second kappa shape index (κ2) is 5.41. The second-order valence-electron chi connectivity index (χ2n) is 1.60. The fourth-order valence-corrected chi connectivity index (χ4v) is 0.794. The Morgan fingerprint density at radius 3 is 1.58 bits per heavy atom. The number of hydrogen-bond donors (Lipinski definition) is 0. The van der Waals surface area contributed by atoms with Crippen LogP contribution < -0.4 is 0 Å². The minimum Gasteiger partial charge on any atom is -0.0844 e. The van der Waals surface area contributed by atoms with Gasteiger partial charge in [0.1, 0.15) is 4.49 Å². The van der Waals surface area contributed by atoms with Gasteiger partial charge in [-0.3, -0.25) is 0 Å². The van der Waals surface area contributed by atoms with Crippen molar-refractivity contribution in [3.05, 3.63) is 20.6 Å². The molecule has 0 unspecified atom stereocenters. The van der Waals surface area contributed by atoms with Gasteiger partial charge < -0.3 is 0 Å². The molecule has 70 valence electrons. The van der Waals surface area contributed by atoms with E-state index in [9.17, 15) is 0 Å². The normalized spacial score (nSPS) is 13.1. The summed E-state index contributed by atoms with van der Waals surface area (Å²) in [6.45, 7) is 0. The largest absolute Gasteiger partial charge is 0.226 e. The maximum absolute atomic E-state index is 5.53. The average molecular weight is 309 g/mol. The molecule has 0 heterocycles. The molecule has 0 spiro atoms. The van der Waals surface area contributed by atoms with Crippen molar-refractivity contribution >= 4 is 81.2 Å². The van der Waals surface area contributed by atoms with Gasteiger partial charge in [0.2, 0.25) is 3.79 Å². The molecule has 0 aromatic heterocycles. The number of hydrogen-bond acceptors (Lipinski definition) is 0. The summed E-state index contributed by atoms with van der Waals surface area (Å²) in [5.41, 5.74) is 0. The highest BCUT2D eigenvalue weighted by molar-refractivity contribution is 6.73. The molecule has 0 rings (SSSR count). The van der Waals surface area contributed by atoms with Gasteiger partial charge in [0, 0.05) is 0 Å². The molecule has 0 saturated heterocycles. The zero-order valence-electron chi connectivity index (χ0n) is 5.22. The van der Waals surface area contributed by atoms with Gasteiger partial charge in [-0.25, -0.2) is 0 Å². The fourth-order valence-electron chi connectivity index (χ4n) is 0.248. The van der Waals surface area contributed by atoms with Crippen LogP contribution in [0.25, 0.3) is 0 Å². The quantitative estimate of drug-likeness (QED) is 0.451. The highest BCUT2D eigenvalue weighted by Gasteiger charge is 2.24. The van der Waals surface area contributed by atoms with Crippen LogP contribution in [0.15, 0.2) is 20.6 Å². The van der Waals surface area contributed by atoms with Gasteiger partial charge >= 0.3 is 0 Å². The average Bonchev–Trinajstić information content (AvgIpc) is 1.85. The summed E-state index contributed by atoms with van der Waals surface area (Å²) in [6.07, 6.45) is 1.16. The number of allylic oxidation sites excluding steroid dienone is 3. The van der Waals surface area contributed by atoms with Crippen molar-refractivity contribution in [3.63, 3.8) is 0 Å². The highest BCUT2D eigenvalue weighted by Crippen LogP contribution is 2.38. The van der Waals surface area contributed by atoms with Crippen molar-refractivity contribution in [2.24, 2.45) is 0 Å². The lowest BCUT2D eigenvalue weighted by atomic mass is 10.5. The van der Waals surface area contributed by atoms with Crippen molar-refractivity contribution in [1.29, 1.82) is 0 Å². The van der Waals surface area contributed by atoms with E-state index in [1.54, 1.807) is 0 Å². The molecule has 0 aliphatic rings. The Morgan fingerprint density at radius 2 is 1.33 bits per heavy atom. The Bertz CT molecular complexity index is 216. The van der Waals surface area contributed by atoms with Crippen LogP contribution in [0, 0.1) is 0 Å². The summed E-state index contributed by atoms with van der Waals surface area (Å²) in [5.74, 6) is 0. The van der Waals surface area contributed by atoms with E-state index in [4.69, 9.17) is 81.2 Å². The molecule has 0 atom stereocenters.